The summed E-state index contributed by atoms with van der Waals surface area (Å²) >= 11 is 5.60. The number of nitrogens with one attached hydrogen (secondary N) is 1. The smallest absolute Gasteiger partial charge is 0.150 e. The predicted octanol–water partition coefficient (Wildman–Crippen LogP) is 1.52. The normalized spacial score (nSPS) is 9.50. The Morgan fingerprint density at radius 2 is 2.33 bits per heavy atom. The van der Waals surface area contributed by atoms with Crippen molar-refractivity contribution in [3.8, 4) is 0 Å². The van der Waals surface area contributed by atoms with E-state index in [4.69, 9.17) is 17.4 Å². The van der Waals surface area contributed by atoms with E-state index in [9.17, 15) is 4.79 Å². The Morgan fingerprint density at radius 1 is 1.58 bits per heavy atom. The van der Waals surface area contributed by atoms with Crippen molar-refractivity contribution in [1.82, 2.24) is 0 Å². The van der Waals surface area contributed by atoms with Crippen molar-refractivity contribution < 1.29 is 4.79 Å². The summed E-state index contributed by atoms with van der Waals surface area (Å²) in [6.07, 6.45) is 0.762. The van der Waals surface area contributed by atoms with Crippen LogP contribution in [0.5, 0.6) is 0 Å². The highest BCUT2D eigenvalue weighted by Crippen LogP contribution is 2.15. The Balaban J connectivity index is 3.10. The Labute approximate surface area is 75.5 Å². The van der Waals surface area contributed by atoms with E-state index >= 15 is 0 Å². The zero-order valence-corrected chi connectivity index (χ0v) is 7.14. The number of nitrogens with two attached hydrogens (primary N) is 1. The zero-order chi connectivity index (χ0) is 8.97. The second-order valence-electron chi connectivity index (χ2n) is 2.31. The first-order chi connectivity index (χ1) is 5.81. The average Bonchev–Trinajstić information content (AvgIpc) is 2.16. The lowest BCUT2D eigenvalue weighted by molar-refractivity contribution is 0.112. The monoisotopic (exact) mass is 184 g/mol. The molecule has 1 aromatic rings. The first kappa shape index (κ1) is 9.03. The number of hydrazine groups is 1. The molecule has 0 unspecified atom stereocenters. The zero-order valence-electron chi connectivity index (χ0n) is 6.38. The molecule has 3 N–H and O–H groups in total. The lowest BCUT2D eigenvalue weighted by Gasteiger charge is -2.03. The largest absolute Gasteiger partial charge is 0.324 e. The molecule has 12 heavy (non-hydrogen) atoms. The minimum absolute atomic E-state index is 0.332. The van der Waals surface area contributed by atoms with Gasteiger partial charge >= 0.3 is 0 Å². The molecule has 0 aliphatic carbocycles. The number of carbonyl (C=O) groups excluding carboxylic acids is 1. The molecular weight excluding hydrogens is 176 g/mol. The molecule has 0 atom stereocenters. The number of nitrogen functional groups attached to an aromatic ring is 1. The van der Waals surface area contributed by atoms with Gasteiger partial charge in [-0.1, -0.05) is 6.07 Å². The SMILES string of the molecule is NNc1ccc(CCl)c(C=O)c1. The summed E-state index contributed by atoms with van der Waals surface area (Å²) < 4.78 is 0. The van der Waals surface area contributed by atoms with Crippen molar-refractivity contribution in [2.45, 2.75) is 5.88 Å². The summed E-state index contributed by atoms with van der Waals surface area (Å²) in [5, 5.41) is 0. The Hall–Kier alpha value is -1.06. The molecule has 0 spiro atoms. The van der Waals surface area contributed by atoms with Gasteiger partial charge < -0.3 is 5.43 Å². The van der Waals surface area contributed by atoms with Crippen molar-refractivity contribution in [2.24, 2.45) is 5.84 Å². The molecule has 0 saturated heterocycles. The third-order valence-electron chi connectivity index (χ3n) is 1.58. The van der Waals surface area contributed by atoms with E-state index in [1.165, 1.54) is 0 Å². The van der Waals surface area contributed by atoms with Crippen LogP contribution in [-0.2, 0) is 5.88 Å². The number of aldehydes is 1. The molecule has 0 saturated carbocycles. The van der Waals surface area contributed by atoms with E-state index in [1.807, 2.05) is 0 Å². The molecule has 1 aromatic carbocycles. The van der Waals surface area contributed by atoms with Crippen molar-refractivity contribution in [1.29, 1.82) is 0 Å². The number of rotatable bonds is 3. The number of benzene rings is 1. The highest BCUT2D eigenvalue weighted by molar-refractivity contribution is 6.17. The van der Waals surface area contributed by atoms with Gasteiger partial charge in [0.25, 0.3) is 0 Å². The molecule has 0 radical (unpaired) electrons. The van der Waals surface area contributed by atoms with E-state index in [2.05, 4.69) is 5.43 Å². The van der Waals surface area contributed by atoms with Gasteiger partial charge in [-0.25, -0.2) is 0 Å². The Bertz CT molecular complexity index is 288. The van der Waals surface area contributed by atoms with Crippen molar-refractivity contribution in [2.75, 3.05) is 5.43 Å². The minimum atomic E-state index is 0.332. The molecule has 0 aliphatic heterocycles. The summed E-state index contributed by atoms with van der Waals surface area (Å²) in [5.41, 5.74) is 4.53. The fourth-order valence-corrected chi connectivity index (χ4v) is 1.16. The molecule has 64 valence electrons. The topological polar surface area (TPSA) is 55.1 Å². The average molecular weight is 185 g/mol. The fourth-order valence-electron chi connectivity index (χ4n) is 0.916. The number of alkyl halides is 1. The van der Waals surface area contributed by atoms with Crippen LogP contribution in [0.25, 0.3) is 0 Å². The van der Waals surface area contributed by atoms with Gasteiger partial charge in [0.2, 0.25) is 0 Å². The van der Waals surface area contributed by atoms with Crippen LogP contribution in [-0.4, -0.2) is 6.29 Å². The van der Waals surface area contributed by atoms with E-state index < -0.39 is 0 Å². The van der Waals surface area contributed by atoms with Gasteiger partial charge in [-0.15, -0.1) is 11.6 Å². The van der Waals surface area contributed by atoms with E-state index in [0.717, 1.165) is 11.8 Å². The lowest BCUT2D eigenvalue weighted by Crippen LogP contribution is -2.07. The summed E-state index contributed by atoms with van der Waals surface area (Å²) in [4.78, 5) is 10.5. The first-order valence-electron chi connectivity index (χ1n) is 3.42. The van der Waals surface area contributed by atoms with Gasteiger partial charge in [0, 0.05) is 17.1 Å². The standard InChI is InChI=1S/C8H9ClN2O/c9-4-6-1-2-8(11-10)3-7(6)5-12/h1-3,5,11H,4,10H2. The molecule has 0 bridgehead atoms. The van der Waals surface area contributed by atoms with Gasteiger partial charge in [0.05, 0.1) is 0 Å². The van der Waals surface area contributed by atoms with Gasteiger partial charge in [0.15, 0.2) is 0 Å². The van der Waals surface area contributed by atoms with Crippen molar-refractivity contribution in [3.05, 3.63) is 29.3 Å². The predicted molar refractivity (Wildman–Crippen MR) is 49.2 cm³/mol. The number of anilines is 1. The maximum atomic E-state index is 10.5. The summed E-state index contributed by atoms with van der Waals surface area (Å²) in [6.45, 7) is 0. The molecule has 0 aliphatic rings. The van der Waals surface area contributed by atoms with Crippen LogP contribution in [0.3, 0.4) is 0 Å². The third-order valence-corrected chi connectivity index (χ3v) is 1.87. The first-order valence-corrected chi connectivity index (χ1v) is 3.96. The van der Waals surface area contributed by atoms with E-state index in [-0.39, 0.29) is 0 Å². The van der Waals surface area contributed by atoms with E-state index in [0.29, 0.717) is 17.1 Å². The highest BCUT2D eigenvalue weighted by Gasteiger charge is 2.00. The third kappa shape index (κ3) is 1.75. The second-order valence-corrected chi connectivity index (χ2v) is 2.58. The molecule has 0 aromatic heterocycles. The molecule has 0 fully saturated rings. The van der Waals surface area contributed by atoms with Crippen LogP contribution >= 0.6 is 11.6 Å². The van der Waals surface area contributed by atoms with Crippen LogP contribution in [0.15, 0.2) is 18.2 Å². The number of hydrogen-bond acceptors (Lipinski definition) is 3. The summed E-state index contributed by atoms with van der Waals surface area (Å²) in [5.74, 6) is 5.50. The summed E-state index contributed by atoms with van der Waals surface area (Å²) in [7, 11) is 0. The van der Waals surface area contributed by atoms with Gasteiger partial charge in [0.1, 0.15) is 6.29 Å². The van der Waals surface area contributed by atoms with Crippen LogP contribution in [0, 0.1) is 0 Å². The molecule has 0 heterocycles. The molecule has 3 nitrogen and oxygen atoms in total. The van der Waals surface area contributed by atoms with Gasteiger partial charge in [-0.3, -0.25) is 10.6 Å². The van der Waals surface area contributed by atoms with Crippen LogP contribution < -0.4 is 11.3 Å². The molecule has 1 rings (SSSR count). The van der Waals surface area contributed by atoms with Gasteiger partial charge in [-0.05, 0) is 17.7 Å². The number of hydrogen-bond donors (Lipinski definition) is 2. The van der Waals surface area contributed by atoms with Gasteiger partial charge in [-0.2, -0.15) is 0 Å². The highest BCUT2D eigenvalue weighted by atomic mass is 35.5. The summed E-state index contributed by atoms with van der Waals surface area (Å²) in [6, 6.07) is 5.20. The van der Waals surface area contributed by atoms with Crippen molar-refractivity contribution >= 4 is 23.6 Å². The Kier molecular flexibility index (Phi) is 3.08. The Morgan fingerprint density at radius 3 is 2.83 bits per heavy atom. The minimum Gasteiger partial charge on any atom is -0.324 e. The second kappa shape index (κ2) is 4.09. The maximum Gasteiger partial charge on any atom is 0.150 e. The van der Waals surface area contributed by atoms with Crippen LogP contribution in [0.1, 0.15) is 15.9 Å². The van der Waals surface area contributed by atoms with Crippen LogP contribution in [0.4, 0.5) is 5.69 Å². The van der Waals surface area contributed by atoms with Crippen molar-refractivity contribution in [3.63, 3.8) is 0 Å². The number of carbonyl (C=O) groups is 1. The molecular formula is C8H9ClN2O. The fraction of sp³-hybridized carbons (Fsp3) is 0.125. The lowest BCUT2D eigenvalue weighted by atomic mass is 10.1. The molecule has 4 heteroatoms. The quantitative estimate of drug-likeness (QED) is 0.324. The molecule has 0 amide bonds. The van der Waals surface area contributed by atoms with Crippen LogP contribution in [0.2, 0.25) is 0 Å². The van der Waals surface area contributed by atoms with E-state index in [1.54, 1.807) is 18.2 Å². The maximum absolute atomic E-state index is 10.5. The number of halogens is 1.